The number of methoxy groups -OCH3 is 1. The highest BCUT2D eigenvalue weighted by Crippen LogP contribution is 2.28. The van der Waals surface area contributed by atoms with E-state index in [1.165, 1.54) is 0 Å². The summed E-state index contributed by atoms with van der Waals surface area (Å²) in [5.74, 6) is -1.73. The zero-order valence-electron chi connectivity index (χ0n) is 8.14. The molecule has 1 rings (SSSR count). The van der Waals surface area contributed by atoms with Crippen molar-refractivity contribution >= 4 is 21.9 Å². The Morgan fingerprint density at radius 2 is 2.25 bits per heavy atom. The predicted octanol–water partition coefficient (Wildman–Crippen LogP) is 2.64. The van der Waals surface area contributed by atoms with Crippen molar-refractivity contribution in [1.29, 1.82) is 0 Å². The molecule has 0 unspecified atom stereocenters. The lowest BCUT2D eigenvalue weighted by Gasteiger charge is -2.09. The molecule has 0 fully saturated rings. The molecule has 0 saturated heterocycles. The van der Waals surface area contributed by atoms with Gasteiger partial charge < -0.3 is 4.74 Å². The van der Waals surface area contributed by atoms with Gasteiger partial charge >= 0.3 is 5.97 Å². The molecular weight excluding hydrogens is 291 g/mol. The first kappa shape index (κ1) is 13.0. The third-order valence-corrected chi connectivity index (χ3v) is 2.53. The van der Waals surface area contributed by atoms with Gasteiger partial charge in [0.2, 0.25) is 5.95 Å². The van der Waals surface area contributed by atoms with Gasteiger partial charge in [-0.2, -0.15) is 4.39 Å². The number of ether oxygens (including phenoxy) is 1. The maximum Gasteiger partial charge on any atom is 0.310 e. The fourth-order valence-corrected chi connectivity index (χ4v) is 1.63. The van der Waals surface area contributed by atoms with Crippen LogP contribution in [-0.4, -0.2) is 18.1 Å². The number of carbonyl (C=O) groups is 1. The number of esters is 1. The van der Waals surface area contributed by atoms with Gasteiger partial charge in [-0.3, -0.25) is 4.79 Å². The molecule has 0 spiro atoms. The van der Waals surface area contributed by atoms with Crippen LogP contribution in [0.1, 0.15) is 17.7 Å². The number of rotatable bonds is 3. The molecule has 7 heteroatoms. The van der Waals surface area contributed by atoms with Crippen molar-refractivity contribution in [3.8, 4) is 0 Å². The highest BCUT2D eigenvalue weighted by atomic mass is 79.9. The zero-order chi connectivity index (χ0) is 12.3. The van der Waals surface area contributed by atoms with E-state index in [4.69, 9.17) is 0 Å². The maximum atomic E-state index is 12.8. The summed E-state index contributed by atoms with van der Waals surface area (Å²) in [5.41, 5.74) is -0.819. The van der Waals surface area contributed by atoms with Crippen molar-refractivity contribution in [2.24, 2.45) is 0 Å². The predicted molar refractivity (Wildman–Crippen MR) is 52.6 cm³/mol. The summed E-state index contributed by atoms with van der Waals surface area (Å²) in [5, 5.41) is 0. The minimum atomic E-state index is -2.95. The average molecular weight is 298 g/mol. The Labute approximate surface area is 97.8 Å². The minimum absolute atomic E-state index is 0.0664. The monoisotopic (exact) mass is 297 g/mol. The molecule has 0 bridgehead atoms. The number of aromatic nitrogens is 1. The van der Waals surface area contributed by atoms with Gasteiger partial charge in [0.25, 0.3) is 6.43 Å². The molecule has 0 atom stereocenters. The molecule has 0 saturated carbocycles. The van der Waals surface area contributed by atoms with E-state index in [0.717, 1.165) is 13.2 Å². The van der Waals surface area contributed by atoms with Crippen LogP contribution >= 0.6 is 15.9 Å². The van der Waals surface area contributed by atoms with Crippen molar-refractivity contribution in [3.05, 3.63) is 27.7 Å². The molecule has 3 nitrogen and oxygen atoms in total. The third kappa shape index (κ3) is 2.94. The summed E-state index contributed by atoms with van der Waals surface area (Å²) < 4.78 is 42.3. The van der Waals surface area contributed by atoms with Crippen LogP contribution in [0.15, 0.2) is 10.5 Å². The molecule has 1 heterocycles. The molecule has 1 aromatic heterocycles. The van der Waals surface area contributed by atoms with Gasteiger partial charge in [0.1, 0.15) is 5.69 Å². The van der Waals surface area contributed by atoms with Crippen molar-refractivity contribution in [2.45, 2.75) is 12.8 Å². The Hall–Kier alpha value is -1.11. The topological polar surface area (TPSA) is 39.2 Å². The Balaban J connectivity index is 3.19. The molecule has 0 aromatic carbocycles. The summed E-state index contributed by atoms with van der Waals surface area (Å²) in [4.78, 5) is 14.1. The summed E-state index contributed by atoms with van der Waals surface area (Å²) in [7, 11) is 1.13. The van der Waals surface area contributed by atoms with E-state index in [-0.39, 0.29) is 16.5 Å². The van der Waals surface area contributed by atoms with Gasteiger partial charge in [-0.25, -0.2) is 13.8 Å². The van der Waals surface area contributed by atoms with Gasteiger partial charge in [0, 0.05) is 16.1 Å². The molecule has 0 aliphatic heterocycles. The fourth-order valence-electron chi connectivity index (χ4n) is 1.10. The van der Waals surface area contributed by atoms with Crippen LogP contribution < -0.4 is 0 Å². The van der Waals surface area contributed by atoms with Gasteiger partial charge in [-0.15, -0.1) is 0 Å². The average Bonchev–Trinajstić information content (AvgIpc) is 2.20. The van der Waals surface area contributed by atoms with E-state index in [9.17, 15) is 18.0 Å². The Kier molecular flexibility index (Phi) is 4.28. The largest absolute Gasteiger partial charge is 0.469 e. The smallest absolute Gasteiger partial charge is 0.310 e. The SMILES string of the molecule is COC(=O)Cc1c(Br)cc(F)nc1C(F)F. The van der Waals surface area contributed by atoms with E-state index in [0.29, 0.717) is 0 Å². The van der Waals surface area contributed by atoms with Gasteiger partial charge in [0.15, 0.2) is 0 Å². The first-order valence-corrected chi connectivity index (χ1v) is 4.94. The second-order valence-corrected chi connectivity index (χ2v) is 3.70. The van der Waals surface area contributed by atoms with Crippen LogP contribution in [0.25, 0.3) is 0 Å². The van der Waals surface area contributed by atoms with E-state index in [1.807, 2.05) is 0 Å². The second-order valence-electron chi connectivity index (χ2n) is 2.84. The fraction of sp³-hybridized carbons (Fsp3) is 0.333. The van der Waals surface area contributed by atoms with Crippen LogP contribution in [0.2, 0.25) is 0 Å². The molecule has 0 amide bonds. The molecule has 1 aromatic rings. The Bertz CT molecular complexity index is 412. The van der Waals surface area contributed by atoms with Crippen LogP contribution in [0.5, 0.6) is 0 Å². The number of carbonyl (C=O) groups excluding carboxylic acids is 1. The van der Waals surface area contributed by atoms with Crippen LogP contribution in [0.3, 0.4) is 0 Å². The van der Waals surface area contributed by atoms with Gasteiger partial charge in [-0.1, -0.05) is 15.9 Å². The van der Waals surface area contributed by atoms with Crippen LogP contribution in [0, 0.1) is 5.95 Å². The molecular formula is C9H7BrF3NO2. The Morgan fingerprint density at radius 3 is 2.75 bits per heavy atom. The van der Waals surface area contributed by atoms with Crippen molar-refractivity contribution in [3.63, 3.8) is 0 Å². The first-order valence-electron chi connectivity index (χ1n) is 4.15. The maximum absolute atomic E-state index is 12.8. The Morgan fingerprint density at radius 1 is 1.62 bits per heavy atom. The summed E-state index contributed by atoms with van der Waals surface area (Å²) in [6, 6.07) is 0.921. The van der Waals surface area contributed by atoms with Gasteiger partial charge in [0.05, 0.1) is 13.5 Å². The molecule has 16 heavy (non-hydrogen) atoms. The molecule has 0 radical (unpaired) electrons. The number of alkyl halides is 2. The highest BCUT2D eigenvalue weighted by molar-refractivity contribution is 9.10. The summed E-state index contributed by atoms with van der Waals surface area (Å²) in [6.45, 7) is 0. The van der Waals surface area contributed by atoms with E-state index >= 15 is 0 Å². The molecule has 0 N–H and O–H groups in total. The van der Waals surface area contributed by atoms with Gasteiger partial charge in [-0.05, 0) is 0 Å². The number of pyridine rings is 1. The molecule has 0 aliphatic rings. The third-order valence-electron chi connectivity index (χ3n) is 1.83. The highest BCUT2D eigenvalue weighted by Gasteiger charge is 2.21. The van der Waals surface area contributed by atoms with E-state index < -0.39 is 24.0 Å². The van der Waals surface area contributed by atoms with Crippen molar-refractivity contribution in [2.75, 3.05) is 7.11 Å². The minimum Gasteiger partial charge on any atom is -0.469 e. The lowest BCUT2D eigenvalue weighted by Crippen LogP contribution is -2.10. The number of nitrogens with zero attached hydrogens (tertiary/aromatic N) is 1. The lowest BCUT2D eigenvalue weighted by atomic mass is 10.1. The summed E-state index contributed by atoms with van der Waals surface area (Å²) in [6.07, 6.45) is -3.34. The van der Waals surface area contributed by atoms with Crippen molar-refractivity contribution in [1.82, 2.24) is 4.98 Å². The number of hydrogen-bond donors (Lipinski definition) is 0. The van der Waals surface area contributed by atoms with Crippen LogP contribution in [0.4, 0.5) is 13.2 Å². The summed E-state index contributed by atoms with van der Waals surface area (Å²) >= 11 is 2.90. The number of halogens is 4. The first-order chi connectivity index (χ1) is 7.45. The molecule has 0 aliphatic carbocycles. The van der Waals surface area contributed by atoms with E-state index in [1.54, 1.807) is 0 Å². The molecule has 88 valence electrons. The van der Waals surface area contributed by atoms with E-state index in [2.05, 4.69) is 25.7 Å². The lowest BCUT2D eigenvalue weighted by molar-refractivity contribution is -0.139. The zero-order valence-corrected chi connectivity index (χ0v) is 9.72. The van der Waals surface area contributed by atoms with Crippen LogP contribution in [-0.2, 0) is 16.0 Å². The second kappa shape index (κ2) is 5.29. The normalized spacial score (nSPS) is 10.6. The standard InChI is InChI=1S/C9H7BrF3NO2/c1-16-7(15)2-4-5(10)3-6(11)14-8(4)9(12)13/h3,9H,2H2,1H3. The number of hydrogen-bond acceptors (Lipinski definition) is 3. The quantitative estimate of drug-likeness (QED) is 0.636. The van der Waals surface area contributed by atoms with Crippen molar-refractivity contribution < 1.29 is 22.7 Å².